The SMILES string of the molecule is Cc1ccsc1CN(CCN(C)C)C(=O)c1cc2ccccc2oc1=O. The van der Waals surface area contributed by atoms with Crippen LogP contribution in [0, 0.1) is 6.92 Å². The van der Waals surface area contributed by atoms with Crippen molar-refractivity contribution in [1.29, 1.82) is 0 Å². The van der Waals surface area contributed by atoms with Crippen molar-refractivity contribution < 1.29 is 9.21 Å². The number of hydrogen-bond donors (Lipinski definition) is 0. The summed E-state index contributed by atoms with van der Waals surface area (Å²) in [7, 11) is 3.92. The van der Waals surface area contributed by atoms with Gasteiger partial charge in [-0.05, 0) is 50.2 Å². The maximum Gasteiger partial charge on any atom is 0.349 e. The Bertz CT molecular complexity index is 974. The van der Waals surface area contributed by atoms with Crippen LogP contribution in [-0.2, 0) is 6.54 Å². The molecule has 0 aliphatic rings. The van der Waals surface area contributed by atoms with E-state index in [-0.39, 0.29) is 11.5 Å². The maximum absolute atomic E-state index is 13.1. The van der Waals surface area contributed by atoms with Gasteiger partial charge in [0.25, 0.3) is 5.91 Å². The lowest BCUT2D eigenvalue weighted by Crippen LogP contribution is -2.38. The highest BCUT2D eigenvalue weighted by Crippen LogP contribution is 2.20. The number of aryl methyl sites for hydroxylation is 1. The number of hydrogen-bond acceptors (Lipinski definition) is 5. The largest absolute Gasteiger partial charge is 0.422 e. The maximum atomic E-state index is 13.1. The van der Waals surface area contributed by atoms with Gasteiger partial charge < -0.3 is 14.2 Å². The first-order valence-electron chi connectivity index (χ1n) is 8.45. The van der Waals surface area contributed by atoms with E-state index in [1.54, 1.807) is 34.4 Å². The van der Waals surface area contributed by atoms with E-state index < -0.39 is 5.63 Å². The van der Waals surface area contributed by atoms with Gasteiger partial charge in [0.2, 0.25) is 0 Å². The average molecular weight is 370 g/mol. The lowest BCUT2D eigenvalue weighted by molar-refractivity contribution is 0.0729. The molecule has 0 aliphatic carbocycles. The van der Waals surface area contributed by atoms with Crippen LogP contribution in [0.25, 0.3) is 11.0 Å². The molecule has 1 amide bonds. The lowest BCUT2D eigenvalue weighted by Gasteiger charge is -2.24. The second-order valence-electron chi connectivity index (χ2n) is 6.54. The van der Waals surface area contributed by atoms with Gasteiger partial charge in [-0.2, -0.15) is 0 Å². The molecular formula is C20H22N2O3S. The quantitative estimate of drug-likeness (QED) is 0.624. The number of fused-ring (bicyclic) bond motifs is 1. The molecule has 0 radical (unpaired) electrons. The molecule has 6 heteroatoms. The first-order valence-corrected chi connectivity index (χ1v) is 9.33. The van der Waals surface area contributed by atoms with Crippen molar-refractivity contribution in [2.24, 2.45) is 0 Å². The van der Waals surface area contributed by atoms with E-state index in [4.69, 9.17) is 4.42 Å². The van der Waals surface area contributed by atoms with E-state index in [9.17, 15) is 9.59 Å². The van der Waals surface area contributed by atoms with Gasteiger partial charge >= 0.3 is 5.63 Å². The standard InChI is InChI=1S/C20H22N2O3S/c1-14-8-11-26-18(14)13-22(10-9-21(2)3)19(23)16-12-15-6-4-5-7-17(15)25-20(16)24/h4-8,11-12H,9-10,13H2,1-3H3. The lowest BCUT2D eigenvalue weighted by atomic mass is 10.1. The topological polar surface area (TPSA) is 53.8 Å². The third-order valence-corrected chi connectivity index (χ3v) is 5.29. The number of amides is 1. The molecule has 0 fully saturated rings. The highest BCUT2D eigenvalue weighted by atomic mass is 32.1. The van der Waals surface area contributed by atoms with E-state index in [1.807, 2.05) is 49.5 Å². The first-order chi connectivity index (χ1) is 12.5. The van der Waals surface area contributed by atoms with Crippen LogP contribution in [0.3, 0.4) is 0 Å². The zero-order valence-corrected chi connectivity index (χ0v) is 16.0. The van der Waals surface area contributed by atoms with Crippen molar-refractivity contribution in [2.75, 3.05) is 27.2 Å². The molecule has 0 spiro atoms. The molecule has 2 heterocycles. The van der Waals surface area contributed by atoms with E-state index in [0.29, 0.717) is 18.7 Å². The van der Waals surface area contributed by atoms with Gasteiger partial charge in [0, 0.05) is 23.4 Å². The molecule has 0 saturated heterocycles. The van der Waals surface area contributed by atoms with Crippen molar-refractivity contribution >= 4 is 28.2 Å². The minimum Gasteiger partial charge on any atom is -0.422 e. The van der Waals surface area contributed by atoms with Gasteiger partial charge in [0.15, 0.2) is 0 Å². The second kappa shape index (κ2) is 7.85. The van der Waals surface area contributed by atoms with Gasteiger partial charge in [-0.25, -0.2) is 4.79 Å². The molecule has 0 N–H and O–H groups in total. The molecule has 2 aromatic heterocycles. The molecule has 0 atom stereocenters. The Morgan fingerprint density at radius 2 is 1.92 bits per heavy atom. The Balaban J connectivity index is 1.94. The minimum absolute atomic E-state index is 0.0802. The van der Waals surface area contributed by atoms with Gasteiger partial charge in [0.1, 0.15) is 11.1 Å². The molecule has 3 rings (SSSR count). The number of likely N-dealkylation sites (N-methyl/N-ethyl adjacent to an activating group) is 1. The number of carbonyl (C=O) groups excluding carboxylic acids is 1. The number of thiophene rings is 1. The van der Waals surface area contributed by atoms with Crippen LogP contribution in [0.1, 0.15) is 20.8 Å². The Hall–Kier alpha value is -2.44. The number of carbonyl (C=O) groups is 1. The molecule has 5 nitrogen and oxygen atoms in total. The van der Waals surface area contributed by atoms with Crippen LogP contribution in [0.15, 0.2) is 51.0 Å². The third-order valence-electron chi connectivity index (χ3n) is 4.28. The normalized spacial score (nSPS) is 11.2. The van der Waals surface area contributed by atoms with Crippen molar-refractivity contribution in [1.82, 2.24) is 9.80 Å². The van der Waals surface area contributed by atoms with E-state index in [2.05, 4.69) is 0 Å². The zero-order chi connectivity index (χ0) is 18.7. The molecule has 0 saturated carbocycles. The van der Waals surface area contributed by atoms with Gasteiger partial charge in [-0.1, -0.05) is 18.2 Å². The minimum atomic E-state index is -0.591. The number of benzene rings is 1. The smallest absolute Gasteiger partial charge is 0.349 e. The highest BCUT2D eigenvalue weighted by molar-refractivity contribution is 7.10. The predicted octanol–water partition coefficient (Wildman–Crippen LogP) is 3.37. The zero-order valence-electron chi connectivity index (χ0n) is 15.2. The van der Waals surface area contributed by atoms with Gasteiger partial charge in [-0.3, -0.25) is 4.79 Å². The molecule has 0 aliphatic heterocycles. The fraction of sp³-hybridized carbons (Fsp3) is 0.300. The van der Waals surface area contributed by atoms with Crippen LogP contribution in [0.2, 0.25) is 0 Å². The van der Waals surface area contributed by atoms with Crippen molar-refractivity contribution in [3.05, 3.63) is 68.2 Å². The van der Waals surface area contributed by atoms with E-state index in [0.717, 1.165) is 22.4 Å². The number of rotatable bonds is 6. The summed E-state index contributed by atoms with van der Waals surface area (Å²) in [5, 5.41) is 2.76. The summed E-state index contributed by atoms with van der Waals surface area (Å²) in [5.41, 5.74) is 1.13. The van der Waals surface area contributed by atoms with Crippen LogP contribution >= 0.6 is 11.3 Å². The van der Waals surface area contributed by atoms with E-state index >= 15 is 0 Å². The van der Waals surface area contributed by atoms with Crippen LogP contribution < -0.4 is 5.63 Å². The monoisotopic (exact) mass is 370 g/mol. The van der Waals surface area contributed by atoms with Crippen LogP contribution in [0.5, 0.6) is 0 Å². The van der Waals surface area contributed by atoms with Crippen molar-refractivity contribution in [3.63, 3.8) is 0 Å². The number of nitrogens with zero attached hydrogens (tertiary/aromatic N) is 2. The summed E-state index contributed by atoms with van der Waals surface area (Å²) < 4.78 is 5.34. The predicted molar refractivity (Wildman–Crippen MR) is 105 cm³/mol. The third kappa shape index (κ3) is 4.03. The first kappa shape index (κ1) is 18.4. The Kier molecular flexibility index (Phi) is 5.54. The fourth-order valence-electron chi connectivity index (χ4n) is 2.69. The molecule has 0 bridgehead atoms. The summed E-state index contributed by atoms with van der Waals surface area (Å²) in [5.74, 6) is -0.292. The summed E-state index contributed by atoms with van der Waals surface area (Å²) in [6.07, 6.45) is 0. The Morgan fingerprint density at radius 1 is 1.15 bits per heavy atom. The molecule has 136 valence electrons. The van der Waals surface area contributed by atoms with Crippen LogP contribution in [0.4, 0.5) is 0 Å². The average Bonchev–Trinajstić information content (AvgIpc) is 3.02. The summed E-state index contributed by atoms with van der Waals surface area (Å²) in [4.78, 5) is 30.3. The molecular weight excluding hydrogens is 348 g/mol. The summed E-state index contributed by atoms with van der Waals surface area (Å²) in [6.45, 7) is 3.78. The van der Waals surface area contributed by atoms with Crippen LogP contribution in [-0.4, -0.2) is 42.9 Å². The number of para-hydroxylation sites is 1. The van der Waals surface area contributed by atoms with Crippen molar-refractivity contribution in [2.45, 2.75) is 13.5 Å². The summed E-state index contributed by atoms with van der Waals surface area (Å²) >= 11 is 1.62. The van der Waals surface area contributed by atoms with Gasteiger partial charge in [0.05, 0.1) is 6.54 Å². The second-order valence-corrected chi connectivity index (χ2v) is 7.54. The molecule has 26 heavy (non-hydrogen) atoms. The summed E-state index contributed by atoms with van der Waals surface area (Å²) in [6, 6.07) is 10.9. The molecule has 1 aromatic carbocycles. The fourth-order valence-corrected chi connectivity index (χ4v) is 3.61. The molecule has 0 unspecified atom stereocenters. The van der Waals surface area contributed by atoms with Gasteiger partial charge in [-0.15, -0.1) is 11.3 Å². The van der Waals surface area contributed by atoms with Crippen molar-refractivity contribution in [3.8, 4) is 0 Å². The Labute approximate surface area is 156 Å². The van der Waals surface area contributed by atoms with E-state index in [1.165, 1.54) is 0 Å². The molecule has 3 aromatic rings. The Morgan fingerprint density at radius 3 is 2.62 bits per heavy atom. The highest BCUT2D eigenvalue weighted by Gasteiger charge is 2.22.